The maximum Gasteiger partial charge on any atom is 0.326 e. The second kappa shape index (κ2) is 12.5. The Hall–Kier alpha value is -2.87. The molecule has 0 rings (SSSR count). The van der Waals surface area contributed by atoms with Crippen molar-refractivity contribution in [3.05, 3.63) is 0 Å². The van der Waals surface area contributed by atoms with Crippen LogP contribution in [0.25, 0.3) is 0 Å². The van der Waals surface area contributed by atoms with E-state index in [1.54, 1.807) is 0 Å². The third-order valence-electron chi connectivity index (χ3n) is 3.26. The lowest BCUT2D eigenvalue weighted by atomic mass is 10.1. The number of carboxylic acids is 3. The van der Waals surface area contributed by atoms with Gasteiger partial charge in [-0.3, -0.25) is 24.0 Å². The second-order valence-corrected chi connectivity index (χ2v) is 5.92. The van der Waals surface area contributed by atoms with Crippen molar-refractivity contribution in [1.82, 2.24) is 16.0 Å². The van der Waals surface area contributed by atoms with E-state index < -0.39 is 66.7 Å². The summed E-state index contributed by atoms with van der Waals surface area (Å²) in [4.78, 5) is 67.4. The van der Waals surface area contributed by atoms with Gasteiger partial charge >= 0.3 is 17.9 Å². The topological polar surface area (TPSA) is 225 Å². The minimum atomic E-state index is -1.67. The van der Waals surface area contributed by atoms with Crippen LogP contribution in [-0.2, 0) is 28.8 Å². The van der Waals surface area contributed by atoms with E-state index in [1.807, 2.05) is 5.32 Å². The van der Waals surface area contributed by atoms with Crippen LogP contribution < -0.4 is 21.7 Å². The van der Waals surface area contributed by atoms with Crippen LogP contribution in [0.5, 0.6) is 0 Å². The van der Waals surface area contributed by atoms with Gasteiger partial charge < -0.3 is 37.0 Å². The molecule has 158 valence electrons. The maximum atomic E-state index is 12.0. The molecule has 0 radical (unpaired) electrons. The van der Waals surface area contributed by atoms with Gasteiger partial charge in [0.15, 0.2) is 0 Å². The summed E-state index contributed by atoms with van der Waals surface area (Å²) >= 11 is 3.89. The quantitative estimate of drug-likeness (QED) is 0.138. The fourth-order valence-electron chi connectivity index (χ4n) is 1.79. The molecule has 14 heteroatoms. The zero-order chi connectivity index (χ0) is 21.9. The highest BCUT2D eigenvalue weighted by atomic mass is 32.1. The molecule has 0 aliphatic heterocycles. The third-order valence-corrected chi connectivity index (χ3v) is 3.62. The summed E-state index contributed by atoms with van der Waals surface area (Å²) < 4.78 is 0. The monoisotopic (exact) mass is 422 g/mol. The largest absolute Gasteiger partial charge is 0.481 e. The van der Waals surface area contributed by atoms with Crippen molar-refractivity contribution in [2.75, 3.05) is 12.3 Å². The Morgan fingerprint density at radius 3 is 1.96 bits per heavy atom. The van der Waals surface area contributed by atoms with Gasteiger partial charge in [-0.15, -0.1) is 0 Å². The van der Waals surface area contributed by atoms with Crippen LogP contribution in [0.1, 0.15) is 19.3 Å². The smallest absolute Gasteiger partial charge is 0.326 e. The summed E-state index contributed by atoms with van der Waals surface area (Å²) in [6.07, 6.45) is -1.34. The summed E-state index contributed by atoms with van der Waals surface area (Å²) in [6.45, 7) is -0.673. The van der Waals surface area contributed by atoms with E-state index in [4.69, 9.17) is 21.1 Å². The van der Waals surface area contributed by atoms with Gasteiger partial charge in [0.1, 0.15) is 12.1 Å². The number of rotatable bonds is 13. The van der Waals surface area contributed by atoms with Crippen molar-refractivity contribution in [3.63, 3.8) is 0 Å². The minimum Gasteiger partial charge on any atom is -0.481 e. The second-order valence-electron chi connectivity index (χ2n) is 5.56. The Morgan fingerprint density at radius 2 is 1.50 bits per heavy atom. The van der Waals surface area contributed by atoms with Crippen LogP contribution in [-0.4, -0.2) is 81.4 Å². The molecular weight excluding hydrogens is 400 g/mol. The van der Waals surface area contributed by atoms with Crippen LogP contribution in [0.2, 0.25) is 0 Å². The fraction of sp³-hybridized carbons (Fsp3) is 0.571. The van der Waals surface area contributed by atoms with Crippen molar-refractivity contribution in [3.8, 4) is 0 Å². The predicted molar refractivity (Wildman–Crippen MR) is 95.5 cm³/mol. The Bertz CT molecular complexity index is 628. The number of aliphatic carboxylic acids is 3. The first kappa shape index (κ1) is 25.1. The molecule has 3 amide bonds. The molecule has 3 atom stereocenters. The number of carbonyl (C=O) groups excluding carboxylic acids is 3. The number of nitrogens with two attached hydrogens (primary N) is 1. The summed E-state index contributed by atoms with van der Waals surface area (Å²) in [7, 11) is 0. The number of amides is 3. The highest BCUT2D eigenvalue weighted by Crippen LogP contribution is 1.97. The molecule has 0 aliphatic carbocycles. The summed E-state index contributed by atoms with van der Waals surface area (Å²) in [5.41, 5.74) is 5.51. The molecule has 0 saturated carbocycles. The molecule has 0 saturated heterocycles. The molecule has 28 heavy (non-hydrogen) atoms. The number of hydrogen-bond acceptors (Lipinski definition) is 8. The summed E-state index contributed by atoms with van der Waals surface area (Å²) in [5.74, 6) is -6.86. The Labute approximate surface area is 164 Å². The van der Waals surface area contributed by atoms with Gasteiger partial charge in [-0.1, -0.05) is 0 Å². The molecule has 8 N–H and O–H groups in total. The van der Waals surface area contributed by atoms with Crippen molar-refractivity contribution in [2.24, 2.45) is 5.73 Å². The molecule has 0 aliphatic rings. The van der Waals surface area contributed by atoms with Gasteiger partial charge in [0.2, 0.25) is 17.7 Å². The third kappa shape index (κ3) is 10.3. The van der Waals surface area contributed by atoms with E-state index in [0.29, 0.717) is 0 Å². The fourth-order valence-corrected chi connectivity index (χ4v) is 2.05. The van der Waals surface area contributed by atoms with Crippen LogP contribution >= 0.6 is 12.6 Å². The normalized spacial score (nSPS) is 13.5. The molecule has 0 aromatic heterocycles. The van der Waals surface area contributed by atoms with E-state index in [0.717, 1.165) is 0 Å². The lowest BCUT2D eigenvalue weighted by molar-refractivity contribution is -0.147. The maximum absolute atomic E-state index is 12.0. The number of hydrogen-bond donors (Lipinski definition) is 8. The first-order valence-corrected chi connectivity index (χ1v) is 8.51. The van der Waals surface area contributed by atoms with Gasteiger partial charge in [0.05, 0.1) is 19.0 Å². The predicted octanol–water partition coefficient (Wildman–Crippen LogP) is -3.25. The van der Waals surface area contributed by atoms with Gasteiger partial charge in [0.25, 0.3) is 0 Å². The number of thiol groups is 1. The number of carboxylic acid groups (broad SMARTS) is 3. The first-order chi connectivity index (χ1) is 13.0. The number of nitrogens with one attached hydrogen (secondary N) is 3. The molecule has 13 nitrogen and oxygen atoms in total. The van der Waals surface area contributed by atoms with Gasteiger partial charge in [-0.25, -0.2) is 4.79 Å². The van der Waals surface area contributed by atoms with E-state index >= 15 is 0 Å². The SMILES string of the molecule is NC(CCC(=O)O)C(=O)NC(CS)C(=O)NCC(=O)NC(CC(=O)O)C(=O)O. The van der Waals surface area contributed by atoms with E-state index in [2.05, 4.69) is 23.3 Å². The number of carbonyl (C=O) groups is 6. The highest BCUT2D eigenvalue weighted by molar-refractivity contribution is 7.80. The van der Waals surface area contributed by atoms with Crippen molar-refractivity contribution in [1.29, 1.82) is 0 Å². The standard InChI is InChI=1S/C14H22N4O9S/c15-6(1-2-10(20)21)12(24)18-8(5-28)13(25)16-4-9(19)17-7(14(26)27)3-11(22)23/h6-8,28H,1-5,15H2,(H,16,25)(H,17,19)(H,18,24)(H,20,21)(H,22,23)(H,26,27). The summed E-state index contributed by atoms with van der Waals surface area (Å²) in [5, 5.41) is 32.3. The molecule has 0 aromatic rings. The molecule has 0 aromatic carbocycles. The highest BCUT2D eigenvalue weighted by Gasteiger charge is 2.25. The Morgan fingerprint density at radius 1 is 0.893 bits per heavy atom. The molecule has 0 heterocycles. The van der Waals surface area contributed by atoms with Crippen LogP contribution in [0.3, 0.4) is 0 Å². The molecule has 0 spiro atoms. The molecular formula is C14H22N4O9S. The van der Waals surface area contributed by atoms with Gasteiger partial charge in [-0.2, -0.15) is 12.6 Å². The van der Waals surface area contributed by atoms with Crippen molar-refractivity contribution >= 4 is 48.3 Å². The van der Waals surface area contributed by atoms with E-state index in [9.17, 15) is 28.8 Å². The van der Waals surface area contributed by atoms with E-state index in [1.165, 1.54) is 0 Å². The minimum absolute atomic E-state index is 0.148. The molecule has 0 bridgehead atoms. The molecule has 0 fully saturated rings. The van der Waals surface area contributed by atoms with Crippen LogP contribution in [0.4, 0.5) is 0 Å². The van der Waals surface area contributed by atoms with Crippen molar-refractivity contribution < 1.29 is 44.1 Å². The zero-order valence-electron chi connectivity index (χ0n) is 14.6. The lowest BCUT2D eigenvalue weighted by Gasteiger charge is -2.19. The Balaban J connectivity index is 4.58. The average molecular weight is 422 g/mol. The lowest BCUT2D eigenvalue weighted by Crippen LogP contribution is -2.54. The first-order valence-electron chi connectivity index (χ1n) is 7.88. The van der Waals surface area contributed by atoms with Gasteiger partial charge in [-0.05, 0) is 6.42 Å². The van der Waals surface area contributed by atoms with Crippen LogP contribution in [0.15, 0.2) is 0 Å². The average Bonchev–Trinajstić information content (AvgIpc) is 2.60. The van der Waals surface area contributed by atoms with E-state index in [-0.39, 0.29) is 18.6 Å². The van der Waals surface area contributed by atoms with Crippen molar-refractivity contribution in [2.45, 2.75) is 37.4 Å². The zero-order valence-corrected chi connectivity index (χ0v) is 15.5. The summed E-state index contributed by atoms with van der Waals surface area (Å²) in [6, 6.07) is -4.02. The van der Waals surface area contributed by atoms with Gasteiger partial charge in [0, 0.05) is 12.2 Å². The Kier molecular flexibility index (Phi) is 11.2. The molecule has 3 unspecified atom stereocenters. The van der Waals surface area contributed by atoms with Crippen LogP contribution in [0, 0.1) is 0 Å².